The zero-order valence-electron chi connectivity index (χ0n) is 14.2. The lowest BCUT2D eigenvalue weighted by molar-refractivity contribution is -0.116. The molecule has 3 heterocycles. The minimum Gasteiger partial charge on any atom is -0.461 e. The van der Waals surface area contributed by atoms with Crippen molar-refractivity contribution in [3.05, 3.63) is 35.1 Å². The minimum absolute atomic E-state index is 0.0325. The molecule has 0 spiro atoms. The molecule has 0 bridgehead atoms. The Bertz CT molecular complexity index is 862. The highest BCUT2D eigenvalue weighted by Gasteiger charge is 2.25. The van der Waals surface area contributed by atoms with Gasteiger partial charge in [0.15, 0.2) is 11.5 Å². The monoisotopic (exact) mass is 359 g/mol. The van der Waals surface area contributed by atoms with Gasteiger partial charge in [-0.2, -0.15) is 0 Å². The molecule has 10 heteroatoms. The molecule has 136 valence electrons. The molecule has 1 aliphatic rings. The van der Waals surface area contributed by atoms with Crippen molar-refractivity contribution >= 4 is 23.6 Å². The third-order valence-electron chi connectivity index (χ3n) is 3.81. The van der Waals surface area contributed by atoms with E-state index in [0.29, 0.717) is 23.6 Å². The van der Waals surface area contributed by atoms with Crippen LogP contribution in [0.3, 0.4) is 0 Å². The summed E-state index contributed by atoms with van der Waals surface area (Å²) in [6, 6.07) is 0.862. The van der Waals surface area contributed by atoms with Crippen LogP contribution in [0.25, 0.3) is 0 Å². The lowest BCUT2D eigenvalue weighted by Gasteiger charge is -2.18. The molecule has 0 saturated carbocycles. The predicted octanol–water partition coefficient (Wildman–Crippen LogP) is 1.02. The van der Waals surface area contributed by atoms with E-state index in [2.05, 4.69) is 25.8 Å². The molecule has 0 aromatic carbocycles. The van der Waals surface area contributed by atoms with Gasteiger partial charge in [0, 0.05) is 18.1 Å². The Morgan fingerprint density at radius 2 is 2.19 bits per heavy atom. The Labute approximate surface area is 148 Å². The molecule has 10 nitrogen and oxygen atoms in total. The number of carbonyl (C=O) groups excluding carboxylic acids is 3. The summed E-state index contributed by atoms with van der Waals surface area (Å²) in [6.45, 7) is 3.60. The van der Waals surface area contributed by atoms with Crippen molar-refractivity contribution in [2.45, 2.75) is 32.7 Å². The van der Waals surface area contributed by atoms with Gasteiger partial charge in [0.05, 0.1) is 12.6 Å². The van der Waals surface area contributed by atoms with E-state index >= 15 is 0 Å². The Hall–Kier alpha value is -3.30. The van der Waals surface area contributed by atoms with Crippen LogP contribution in [0.4, 0.5) is 5.82 Å². The molecule has 2 aromatic heterocycles. The van der Waals surface area contributed by atoms with Crippen molar-refractivity contribution in [2.75, 3.05) is 11.9 Å². The molecule has 1 atom stereocenters. The molecule has 2 amide bonds. The highest BCUT2D eigenvalue weighted by atomic mass is 16.5. The normalized spacial score (nSPS) is 14.2. The first kappa shape index (κ1) is 17.5. The fraction of sp³-hybridized carbons (Fsp3) is 0.375. The molecule has 0 saturated heterocycles. The van der Waals surface area contributed by atoms with Gasteiger partial charge < -0.3 is 19.9 Å². The van der Waals surface area contributed by atoms with Crippen molar-refractivity contribution in [3.63, 3.8) is 0 Å². The van der Waals surface area contributed by atoms with E-state index in [1.165, 1.54) is 12.4 Å². The van der Waals surface area contributed by atoms with Crippen molar-refractivity contribution < 1.29 is 23.6 Å². The molecule has 1 aliphatic heterocycles. The van der Waals surface area contributed by atoms with Crippen LogP contribution in [0.2, 0.25) is 0 Å². The highest BCUT2D eigenvalue weighted by Crippen LogP contribution is 2.23. The summed E-state index contributed by atoms with van der Waals surface area (Å²) in [5, 5.41) is 8.99. The maximum absolute atomic E-state index is 12.6. The van der Waals surface area contributed by atoms with Crippen LogP contribution >= 0.6 is 0 Å². The predicted molar refractivity (Wildman–Crippen MR) is 87.3 cm³/mol. The first-order valence-electron chi connectivity index (χ1n) is 8.08. The number of aromatic nitrogens is 3. The average molecular weight is 359 g/mol. The van der Waals surface area contributed by atoms with Gasteiger partial charge in [0.25, 0.3) is 5.91 Å². The Kier molecular flexibility index (Phi) is 4.92. The van der Waals surface area contributed by atoms with Crippen LogP contribution in [-0.4, -0.2) is 39.5 Å². The lowest BCUT2D eigenvalue weighted by Crippen LogP contribution is -2.30. The van der Waals surface area contributed by atoms with Crippen LogP contribution in [0.15, 0.2) is 16.9 Å². The Morgan fingerprint density at radius 3 is 2.96 bits per heavy atom. The Morgan fingerprint density at radius 1 is 1.38 bits per heavy atom. The van der Waals surface area contributed by atoms with E-state index in [1.807, 2.05) is 0 Å². The fourth-order valence-corrected chi connectivity index (χ4v) is 2.52. The topological polar surface area (TPSA) is 136 Å². The van der Waals surface area contributed by atoms with Crippen LogP contribution in [-0.2, 0) is 16.0 Å². The molecule has 26 heavy (non-hydrogen) atoms. The minimum atomic E-state index is -0.596. The second-order valence-electron chi connectivity index (χ2n) is 5.63. The fourth-order valence-electron chi connectivity index (χ4n) is 2.52. The first-order chi connectivity index (χ1) is 12.5. The molecule has 0 aliphatic carbocycles. The highest BCUT2D eigenvalue weighted by molar-refractivity contribution is 5.99. The van der Waals surface area contributed by atoms with Crippen molar-refractivity contribution in [3.8, 4) is 0 Å². The lowest BCUT2D eigenvalue weighted by atomic mass is 10.0. The molecule has 0 fully saturated rings. The van der Waals surface area contributed by atoms with Crippen LogP contribution in [0.5, 0.6) is 0 Å². The molecular formula is C16H17N5O5. The van der Waals surface area contributed by atoms with Gasteiger partial charge in [-0.05, 0) is 20.3 Å². The second-order valence-corrected chi connectivity index (χ2v) is 5.63. The van der Waals surface area contributed by atoms with E-state index in [1.54, 1.807) is 13.8 Å². The van der Waals surface area contributed by atoms with Crippen LogP contribution in [0, 0.1) is 0 Å². The number of anilines is 1. The third kappa shape index (κ3) is 3.53. The smallest absolute Gasteiger partial charge is 0.360 e. The summed E-state index contributed by atoms with van der Waals surface area (Å²) in [5.74, 6) is -0.539. The molecule has 2 N–H and O–H groups in total. The van der Waals surface area contributed by atoms with Gasteiger partial charge in [-0.15, -0.1) is 0 Å². The molecule has 2 aromatic rings. The number of fused-ring (bicyclic) bond motifs is 1. The summed E-state index contributed by atoms with van der Waals surface area (Å²) in [6.07, 6.45) is 1.87. The largest absolute Gasteiger partial charge is 0.461 e. The number of ether oxygens (including phenoxy) is 1. The third-order valence-corrected chi connectivity index (χ3v) is 3.81. The number of nitrogens with zero attached hydrogens (tertiary/aromatic N) is 3. The molecular weight excluding hydrogens is 342 g/mol. The van der Waals surface area contributed by atoms with Crippen LogP contribution < -0.4 is 10.6 Å². The molecule has 0 radical (unpaired) electrons. The van der Waals surface area contributed by atoms with Gasteiger partial charge >= 0.3 is 5.97 Å². The number of amides is 2. The first-order valence-corrected chi connectivity index (χ1v) is 8.08. The van der Waals surface area contributed by atoms with E-state index in [4.69, 9.17) is 9.26 Å². The number of hydrogen-bond donors (Lipinski definition) is 2. The van der Waals surface area contributed by atoms with Crippen molar-refractivity contribution in [1.82, 2.24) is 20.4 Å². The average Bonchev–Trinajstić information content (AvgIpc) is 3.11. The summed E-state index contributed by atoms with van der Waals surface area (Å²) in [4.78, 5) is 43.6. The maximum atomic E-state index is 12.6. The van der Waals surface area contributed by atoms with Gasteiger partial charge in [-0.3, -0.25) is 9.59 Å². The van der Waals surface area contributed by atoms with Gasteiger partial charge in [0.2, 0.25) is 5.91 Å². The number of hydrogen-bond acceptors (Lipinski definition) is 8. The number of rotatable bonds is 5. The van der Waals surface area contributed by atoms with E-state index in [9.17, 15) is 14.4 Å². The second kappa shape index (κ2) is 7.30. The number of carbonyl (C=O) groups is 3. The SMILES string of the molecule is CCOC(=O)c1cc([C@@H](C)NC(=O)c2ncnc3c2CCC(=O)N3)on1. The molecule has 0 unspecified atom stereocenters. The summed E-state index contributed by atoms with van der Waals surface area (Å²) >= 11 is 0. The van der Waals surface area contributed by atoms with Gasteiger partial charge in [-0.25, -0.2) is 14.8 Å². The quantitative estimate of drug-likeness (QED) is 0.755. The number of nitrogens with one attached hydrogen (secondary N) is 2. The standard InChI is InChI=1S/C16H17N5O5/c1-3-25-16(24)10-6-11(26-21-10)8(2)19-15(23)13-9-4-5-12(22)20-14(9)18-7-17-13/h6-8H,3-5H2,1-2H3,(H,19,23)(H,17,18,20,22)/t8-/m1/s1. The van der Waals surface area contributed by atoms with Gasteiger partial charge in [0.1, 0.15) is 17.8 Å². The van der Waals surface area contributed by atoms with Gasteiger partial charge in [-0.1, -0.05) is 5.16 Å². The Balaban J connectivity index is 1.73. The molecule has 3 rings (SSSR count). The van der Waals surface area contributed by atoms with Crippen molar-refractivity contribution in [2.24, 2.45) is 0 Å². The maximum Gasteiger partial charge on any atom is 0.360 e. The summed E-state index contributed by atoms with van der Waals surface area (Å²) in [7, 11) is 0. The zero-order valence-corrected chi connectivity index (χ0v) is 14.2. The van der Waals surface area contributed by atoms with Crippen LogP contribution in [0.1, 0.15) is 58.6 Å². The number of esters is 1. The van der Waals surface area contributed by atoms with Crippen molar-refractivity contribution in [1.29, 1.82) is 0 Å². The zero-order chi connectivity index (χ0) is 18.7. The summed E-state index contributed by atoms with van der Waals surface area (Å²) in [5.41, 5.74) is 0.804. The van der Waals surface area contributed by atoms with E-state index in [0.717, 1.165) is 0 Å². The van der Waals surface area contributed by atoms with E-state index < -0.39 is 17.9 Å². The van der Waals surface area contributed by atoms with E-state index in [-0.39, 0.29) is 30.3 Å². The summed E-state index contributed by atoms with van der Waals surface area (Å²) < 4.78 is 9.94.